The summed E-state index contributed by atoms with van der Waals surface area (Å²) in [6.45, 7) is 2.74. The average Bonchev–Trinajstić information content (AvgIpc) is 2.77. The highest BCUT2D eigenvalue weighted by molar-refractivity contribution is 6.33. The smallest absolute Gasteiger partial charge is 0.406 e. The number of nitrogens with one attached hydrogen (secondary N) is 1. The minimum Gasteiger partial charge on any atom is -0.406 e. The van der Waals surface area contributed by atoms with Crippen LogP contribution in [0.25, 0.3) is 21.9 Å². The summed E-state index contributed by atoms with van der Waals surface area (Å²) in [6.07, 6.45) is -4.72. The molecule has 0 fully saturated rings. The van der Waals surface area contributed by atoms with E-state index in [1.54, 1.807) is 18.2 Å². The van der Waals surface area contributed by atoms with E-state index < -0.39 is 6.36 Å². The zero-order chi connectivity index (χ0) is 22.7. The third-order valence-corrected chi connectivity index (χ3v) is 5.66. The number of fused-ring (bicyclic) bond motifs is 1. The highest BCUT2D eigenvalue weighted by Gasteiger charge is 2.31. The first-order chi connectivity index (χ1) is 15.3. The lowest BCUT2D eigenvalue weighted by Gasteiger charge is -2.17. The summed E-state index contributed by atoms with van der Waals surface area (Å²) in [5.41, 5.74) is 3.71. The first-order valence-corrected chi connectivity index (χ1v) is 10.5. The van der Waals surface area contributed by atoms with Crippen LogP contribution in [0.2, 0.25) is 5.02 Å². The number of hydrogen-bond acceptors (Lipinski definition) is 2. The predicted molar refractivity (Wildman–Crippen MR) is 123 cm³/mol. The Labute approximate surface area is 189 Å². The van der Waals surface area contributed by atoms with Crippen molar-refractivity contribution in [1.82, 2.24) is 5.32 Å². The molecule has 164 valence electrons. The Hall–Kier alpha value is -3.02. The standard InChI is InChI=1S/C26H21ClF3NO/c1-17(22-8-4-6-19-5-2-3-7-23(19)22)31-16-18-9-14-25(27)24(15-18)20-10-12-21(13-11-20)32-26(28,29)30/h2-15,17,31H,16H2,1H3/t17-/m1/s1. The Morgan fingerprint density at radius 3 is 2.38 bits per heavy atom. The maximum absolute atomic E-state index is 12.4. The van der Waals surface area contributed by atoms with Crippen LogP contribution in [0.5, 0.6) is 5.75 Å². The number of alkyl halides is 3. The molecule has 1 atom stereocenters. The molecule has 6 heteroatoms. The van der Waals surface area contributed by atoms with Crippen LogP contribution in [0, 0.1) is 0 Å². The van der Waals surface area contributed by atoms with E-state index in [1.807, 2.05) is 24.3 Å². The Balaban J connectivity index is 1.50. The molecule has 4 aromatic rings. The minimum absolute atomic E-state index is 0.124. The van der Waals surface area contributed by atoms with Crippen molar-refractivity contribution >= 4 is 22.4 Å². The Morgan fingerprint density at radius 1 is 0.906 bits per heavy atom. The number of benzene rings is 4. The second-order valence-corrected chi connectivity index (χ2v) is 7.96. The van der Waals surface area contributed by atoms with Crippen LogP contribution in [-0.4, -0.2) is 6.36 Å². The van der Waals surface area contributed by atoms with Crippen LogP contribution in [0.15, 0.2) is 84.9 Å². The van der Waals surface area contributed by atoms with E-state index >= 15 is 0 Å². The van der Waals surface area contributed by atoms with Gasteiger partial charge in [0, 0.05) is 23.2 Å². The van der Waals surface area contributed by atoms with Gasteiger partial charge in [-0.1, -0.05) is 72.3 Å². The van der Waals surface area contributed by atoms with Crippen LogP contribution in [0.3, 0.4) is 0 Å². The van der Waals surface area contributed by atoms with E-state index in [2.05, 4.69) is 47.3 Å². The maximum Gasteiger partial charge on any atom is 0.573 e. The number of rotatable bonds is 6. The first-order valence-electron chi connectivity index (χ1n) is 10.2. The molecule has 2 nitrogen and oxygen atoms in total. The molecule has 0 aliphatic carbocycles. The van der Waals surface area contributed by atoms with Crippen molar-refractivity contribution in [2.45, 2.75) is 25.9 Å². The van der Waals surface area contributed by atoms with Crippen molar-refractivity contribution in [3.63, 3.8) is 0 Å². The van der Waals surface area contributed by atoms with E-state index in [4.69, 9.17) is 11.6 Å². The van der Waals surface area contributed by atoms with Crippen molar-refractivity contribution in [2.75, 3.05) is 0 Å². The molecule has 0 aliphatic rings. The minimum atomic E-state index is -4.72. The summed E-state index contributed by atoms with van der Waals surface area (Å²) >= 11 is 6.37. The van der Waals surface area contributed by atoms with Crippen LogP contribution in [0.4, 0.5) is 13.2 Å². The van der Waals surface area contributed by atoms with Gasteiger partial charge < -0.3 is 10.1 Å². The third-order valence-electron chi connectivity index (χ3n) is 5.33. The second-order valence-electron chi connectivity index (χ2n) is 7.56. The lowest BCUT2D eigenvalue weighted by Crippen LogP contribution is -2.18. The Bertz CT molecular complexity index is 1220. The molecule has 0 aromatic heterocycles. The van der Waals surface area contributed by atoms with Gasteiger partial charge in [0.05, 0.1) is 0 Å². The fraction of sp³-hybridized carbons (Fsp3) is 0.154. The van der Waals surface area contributed by atoms with Crippen LogP contribution in [-0.2, 0) is 6.54 Å². The van der Waals surface area contributed by atoms with Gasteiger partial charge in [-0.2, -0.15) is 0 Å². The molecule has 0 amide bonds. The quantitative estimate of drug-likeness (QED) is 0.319. The van der Waals surface area contributed by atoms with Gasteiger partial charge >= 0.3 is 6.36 Å². The van der Waals surface area contributed by atoms with Gasteiger partial charge in [-0.05, 0) is 58.7 Å². The molecule has 0 saturated heterocycles. The van der Waals surface area contributed by atoms with Gasteiger partial charge in [0.1, 0.15) is 5.75 Å². The monoisotopic (exact) mass is 455 g/mol. The van der Waals surface area contributed by atoms with E-state index in [0.717, 1.165) is 11.1 Å². The SMILES string of the molecule is C[C@@H](NCc1ccc(Cl)c(-c2ccc(OC(F)(F)F)cc2)c1)c1cccc2ccccc12. The molecule has 32 heavy (non-hydrogen) atoms. The van der Waals surface area contributed by atoms with E-state index in [-0.39, 0.29) is 11.8 Å². The first kappa shape index (κ1) is 22.2. The molecular weight excluding hydrogens is 435 g/mol. The van der Waals surface area contributed by atoms with Crippen LogP contribution < -0.4 is 10.1 Å². The highest BCUT2D eigenvalue weighted by atomic mass is 35.5. The predicted octanol–water partition coefficient (Wildman–Crippen LogP) is 7.91. The molecule has 1 N–H and O–H groups in total. The normalized spacial score (nSPS) is 12.7. The molecule has 0 bridgehead atoms. The third kappa shape index (κ3) is 5.23. The lowest BCUT2D eigenvalue weighted by molar-refractivity contribution is -0.274. The largest absolute Gasteiger partial charge is 0.573 e. The summed E-state index contributed by atoms with van der Waals surface area (Å²) in [7, 11) is 0. The fourth-order valence-electron chi connectivity index (χ4n) is 3.75. The van der Waals surface area contributed by atoms with Gasteiger partial charge in [0.25, 0.3) is 0 Å². The topological polar surface area (TPSA) is 21.3 Å². The summed E-state index contributed by atoms with van der Waals surface area (Å²) in [5.74, 6) is -0.265. The van der Waals surface area contributed by atoms with Crippen LogP contribution >= 0.6 is 11.6 Å². The van der Waals surface area contributed by atoms with Gasteiger partial charge in [-0.3, -0.25) is 0 Å². The van der Waals surface area contributed by atoms with E-state index in [0.29, 0.717) is 17.1 Å². The Morgan fingerprint density at radius 2 is 1.62 bits per heavy atom. The van der Waals surface area contributed by atoms with Crippen LogP contribution in [0.1, 0.15) is 24.1 Å². The van der Waals surface area contributed by atoms with Gasteiger partial charge in [0.15, 0.2) is 0 Å². The Kier molecular flexibility index (Phi) is 6.40. The van der Waals surface area contributed by atoms with Crippen molar-refractivity contribution in [1.29, 1.82) is 0 Å². The van der Waals surface area contributed by atoms with Crippen molar-refractivity contribution < 1.29 is 17.9 Å². The summed E-state index contributed by atoms with van der Waals surface area (Å²) in [5, 5.41) is 6.50. The number of hydrogen-bond donors (Lipinski definition) is 1. The van der Waals surface area contributed by atoms with Crippen molar-refractivity contribution in [3.8, 4) is 16.9 Å². The summed E-state index contributed by atoms with van der Waals surface area (Å²) < 4.78 is 41.1. The maximum atomic E-state index is 12.4. The van der Waals surface area contributed by atoms with Crippen molar-refractivity contribution in [2.24, 2.45) is 0 Å². The molecule has 0 heterocycles. The van der Waals surface area contributed by atoms with E-state index in [9.17, 15) is 13.2 Å². The molecule has 4 rings (SSSR count). The highest BCUT2D eigenvalue weighted by Crippen LogP contribution is 2.32. The molecule has 0 aliphatic heterocycles. The van der Waals surface area contributed by atoms with Gasteiger partial charge in [-0.25, -0.2) is 0 Å². The molecule has 0 radical (unpaired) electrons. The molecule has 4 aromatic carbocycles. The second kappa shape index (κ2) is 9.23. The average molecular weight is 456 g/mol. The number of ether oxygens (including phenoxy) is 1. The summed E-state index contributed by atoms with van der Waals surface area (Å²) in [6, 6.07) is 26.1. The zero-order valence-electron chi connectivity index (χ0n) is 17.3. The van der Waals surface area contributed by atoms with E-state index in [1.165, 1.54) is 28.5 Å². The number of halogens is 4. The summed E-state index contributed by atoms with van der Waals surface area (Å²) in [4.78, 5) is 0. The molecule has 0 unspecified atom stereocenters. The fourth-order valence-corrected chi connectivity index (χ4v) is 3.98. The van der Waals surface area contributed by atoms with Gasteiger partial charge in [-0.15, -0.1) is 13.2 Å². The molecule has 0 saturated carbocycles. The molecular formula is C26H21ClF3NO. The molecule has 0 spiro atoms. The van der Waals surface area contributed by atoms with Gasteiger partial charge in [0.2, 0.25) is 0 Å². The lowest BCUT2D eigenvalue weighted by atomic mass is 9.99. The van der Waals surface area contributed by atoms with Crippen molar-refractivity contribution in [3.05, 3.63) is 101 Å². The zero-order valence-corrected chi connectivity index (χ0v) is 18.0.